The number of nitrogens with zero attached hydrogens (tertiary/aromatic N) is 2. The first-order valence-corrected chi connectivity index (χ1v) is 14.1. The highest BCUT2D eigenvalue weighted by molar-refractivity contribution is 7.99. The predicted octanol–water partition coefficient (Wildman–Crippen LogP) is 6.71. The number of hydrogen-bond donors (Lipinski definition) is 2. The first kappa shape index (κ1) is 26.7. The fraction of sp³-hybridized carbons (Fsp3) is 0.290. The minimum Gasteiger partial charge on any atom is -0.356 e. The molecule has 0 aliphatic rings. The van der Waals surface area contributed by atoms with Crippen LogP contribution < -0.4 is 11.1 Å². The SMILES string of the molecule is NCCCCCC(=O)NCCCCSc1nc(-c2ccccc2)c(-c2ccccc2)n1-c1ccccc1. The van der Waals surface area contributed by atoms with Gasteiger partial charge in [0.25, 0.3) is 0 Å². The van der Waals surface area contributed by atoms with E-state index >= 15 is 0 Å². The molecule has 0 saturated carbocycles. The monoisotopic (exact) mass is 512 g/mol. The van der Waals surface area contributed by atoms with Crippen LogP contribution in [0.5, 0.6) is 0 Å². The lowest BCUT2D eigenvalue weighted by atomic mass is 10.0. The van der Waals surface area contributed by atoms with E-state index < -0.39 is 0 Å². The Morgan fingerprint density at radius 1 is 0.784 bits per heavy atom. The Morgan fingerprint density at radius 3 is 2.11 bits per heavy atom. The lowest BCUT2D eigenvalue weighted by Crippen LogP contribution is -2.24. The van der Waals surface area contributed by atoms with Gasteiger partial charge in [0.05, 0.1) is 11.4 Å². The van der Waals surface area contributed by atoms with Crippen LogP contribution in [0.4, 0.5) is 0 Å². The van der Waals surface area contributed by atoms with Gasteiger partial charge in [-0.1, -0.05) is 97.0 Å². The van der Waals surface area contributed by atoms with E-state index in [2.05, 4.69) is 82.7 Å². The van der Waals surface area contributed by atoms with E-state index in [1.165, 1.54) is 0 Å². The third-order valence-electron chi connectivity index (χ3n) is 6.19. The van der Waals surface area contributed by atoms with Gasteiger partial charge in [-0.3, -0.25) is 9.36 Å². The molecule has 192 valence electrons. The molecule has 0 unspecified atom stereocenters. The van der Waals surface area contributed by atoms with Gasteiger partial charge in [0.15, 0.2) is 5.16 Å². The Labute approximate surface area is 224 Å². The minimum absolute atomic E-state index is 0.143. The first-order valence-electron chi connectivity index (χ1n) is 13.2. The summed E-state index contributed by atoms with van der Waals surface area (Å²) in [6.45, 7) is 1.41. The molecule has 3 aromatic carbocycles. The second kappa shape index (κ2) is 14.4. The summed E-state index contributed by atoms with van der Waals surface area (Å²) >= 11 is 1.77. The van der Waals surface area contributed by atoms with Crippen LogP contribution in [0.2, 0.25) is 0 Å². The second-order valence-electron chi connectivity index (χ2n) is 9.00. The van der Waals surface area contributed by atoms with Gasteiger partial charge in [-0.25, -0.2) is 4.98 Å². The maximum Gasteiger partial charge on any atom is 0.219 e. The number of unbranched alkanes of at least 4 members (excludes halogenated alkanes) is 3. The van der Waals surface area contributed by atoms with Crippen molar-refractivity contribution >= 4 is 17.7 Å². The van der Waals surface area contributed by atoms with Crippen LogP contribution in [-0.2, 0) is 4.79 Å². The number of thioether (sulfide) groups is 1. The van der Waals surface area contributed by atoms with Crippen molar-refractivity contribution in [1.29, 1.82) is 0 Å². The van der Waals surface area contributed by atoms with Gasteiger partial charge < -0.3 is 11.1 Å². The number of rotatable bonds is 14. The first-order chi connectivity index (χ1) is 18.3. The molecule has 0 atom stereocenters. The number of benzene rings is 3. The lowest BCUT2D eigenvalue weighted by molar-refractivity contribution is -0.121. The Bertz CT molecular complexity index is 1230. The molecule has 0 aliphatic heterocycles. The summed E-state index contributed by atoms with van der Waals surface area (Å²) < 4.78 is 2.28. The summed E-state index contributed by atoms with van der Waals surface area (Å²) in [6.07, 6.45) is 5.46. The predicted molar refractivity (Wildman–Crippen MR) is 155 cm³/mol. The molecule has 5 nitrogen and oxygen atoms in total. The zero-order valence-electron chi connectivity index (χ0n) is 21.3. The van der Waals surface area contributed by atoms with Crippen molar-refractivity contribution in [1.82, 2.24) is 14.9 Å². The summed E-state index contributed by atoms with van der Waals surface area (Å²) in [5, 5.41) is 4.03. The van der Waals surface area contributed by atoms with E-state index in [1.54, 1.807) is 11.8 Å². The van der Waals surface area contributed by atoms with Crippen molar-refractivity contribution < 1.29 is 4.79 Å². The van der Waals surface area contributed by atoms with E-state index in [9.17, 15) is 4.79 Å². The van der Waals surface area contributed by atoms with Crippen molar-refractivity contribution in [2.75, 3.05) is 18.8 Å². The molecular weight excluding hydrogens is 476 g/mol. The maximum atomic E-state index is 12.0. The number of nitrogens with one attached hydrogen (secondary N) is 1. The molecule has 6 heteroatoms. The minimum atomic E-state index is 0.143. The summed E-state index contributed by atoms with van der Waals surface area (Å²) in [5.41, 5.74) is 10.9. The molecule has 1 aromatic heterocycles. The van der Waals surface area contributed by atoms with Gasteiger partial charge in [-0.05, 0) is 44.4 Å². The number of aromatic nitrogens is 2. The van der Waals surface area contributed by atoms with Crippen molar-refractivity contribution in [2.45, 2.75) is 43.7 Å². The molecule has 1 amide bonds. The van der Waals surface area contributed by atoms with Crippen LogP contribution in [0, 0.1) is 0 Å². The van der Waals surface area contributed by atoms with Gasteiger partial charge >= 0.3 is 0 Å². The van der Waals surface area contributed by atoms with E-state index in [-0.39, 0.29) is 5.91 Å². The van der Waals surface area contributed by atoms with Gasteiger partial charge in [-0.15, -0.1) is 0 Å². The highest BCUT2D eigenvalue weighted by atomic mass is 32.2. The number of carbonyl (C=O) groups is 1. The highest BCUT2D eigenvalue weighted by Crippen LogP contribution is 2.38. The van der Waals surface area contributed by atoms with Crippen LogP contribution in [-0.4, -0.2) is 34.3 Å². The van der Waals surface area contributed by atoms with E-state index in [0.717, 1.165) is 71.2 Å². The molecule has 0 saturated heterocycles. The standard InChI is InChI=1S/C31H36N4OS/c32-22-12-4-11-21-28(36)33-23-13-14-24-37-31-34-29(25-15-5-1-6-16-25)30(26-17-7-2-8-18-26)35(31)27-19-9-3-10-20-27/h1-3,5-10,15-20H,4,11-14,21-24,32H2,(H,33,36). The number of hydrogen-bond acceptors (Lipinski definition) is 4. The third-order valence-corrected chi connectivity index (χ3v) is 7.21. The van der Waals surface area contributed by atoms with Crippen molar-refractivity contribution in [3.05, 3.63) is 91.0 Å². The quantitative estimate of drug-likeness (QED) is 0.145. The lowest BCUT2D eigenvalue weighted by Gasteiger charge is -2.13. The smallest absolute Gasteiger partial charge is 0.219 e. The molecule has 0 fully saturated rings. The molecule has 0 spiro atoms. The second-order valence-corrected chi connectivity index (χ2v) is 10.1. The fourth-order valence-electron chi connectivity index (χ4n) is 4.29. The molecule has 1 heterocycles. The number of imidazole rings is 1. The molecule has 0 radical (unpaired) electrons. The summed E-state index contributed by atoms with van der Waals surface area (Å²) in [4.78, 5) is 17.2. The molecule has 0 aliphatic carbocycles. The Morgan fingerprint density at radius 2 is 1.43 bits per heavy atom. The van der Waals surface area contributed by atoms with Crippen LogP contribution in [0.3, 0.4) is 0 Å². The topological polar surface area (TPSA) is 72.9 Å². The number of carbonyl (C=O) groups excluding carboxylic acids is 1. The van der Waals surface area contributed by atoms with Crippen LogP contribution >= 0.6 is 11.8 Å². The summed E-state index contributed by atoms with van der Waals surface area (Å²) in [7, 11) is 0. The van der Waals surface area contributed by atoms with E-state index in [0.29, 0.717) is 19.5 Å². The number of nitrogens with two attached hydrogens (primary N) is 1. The highest BCUT2D eigenvalue weighted by Gasteiger charge is 2.21. The average Bonchev–Trinajstić information content (AvgIpc) is 3.34. The Kier molecular flexibility index (Phi) is 10.4. The van der Waals surface area contributed by atoms with E-state index in [4.69, 9.17) is 10.7 Å². The van der Waals surface area contributed by atoms with Crippen LogP contribution in [0.1, 0.15) is 38.5 Å². The number of para-hydroxylation sites is 1. The third kappa shape index (κ3) is 7.57. The van der Waals surface area contributed by atoms with Gasteiger partial charge in [0.1, 0.15) is 0 Å². The van der Waals surface area contributed by atoms with Gasteiger partial charge in [-0.2, -0.15) is 0 Å². The molecule has 3 N–H and O–H groups in total. The molecular formula is C31H36N4OS. The largest absolute Gasteiger partial charge is 0.356 e. The maximum absolute atomic E-state index is 12.0. The zero-order valence-corrected chi connectivity index (χ0v) is 22.1. The molecule has 4 aromatic rings. The number of amides is 1. The summed E-state index contributed by atoms with van der Waals surface area (Å²) in [5.74, 6) is 1.07. The Hall–Kier alpha value is -3.35. The Balaban J connectivity index is 1.49. The van der Waals surface area contributed by atoms with Crippen molar-refractivity contribution in [2.24, 2.45) is 5.73 Å². The van der Waals surface area contributed by atoms with Crippen LogP contribution in [0.25, 0.3) is 28.2 Å². The van der Waals surface area contributed by atoms with Crippen molar-refractivity contribution in [3.8, 4) is 28.2 Å². The van der Waals surface area contributed by atoms with Crippen LogP contribution in [0.15, 0.2) is 96.2 Å². The zero-order chi connectivity index (χ0) is 25.7. The van der Waals surface area contributed by atoms with E-state index in [1.807, 2.05) is 18.2 Å². The fourth-order valence-corrected chi connectivity index (χ4v) is 5.30. The molecule has 0 bridgehead atoms. The van der Waals surface area contributed by atoms with Gasteiger partial charge in [0.2, 0.25) is 5.91 Å². The average molecular weight is 513 g/mol. The molecule has 4 rings (SSSR count). The molecule has 37 heavy (non-hydrogen) atoms. The van der Waals surface area contributed by atoms with Gasteiger partial charge in [0, 0.05) is 35.5 Å². The summed E-state index contributed by atoms with van der Waals surface area (Å²) in [6, 6.07) is 31.3. The van der Waals surface area contributed by atoms with Crippen molar-refractivity contribution in [3.63, 3.8) is 0 Å². The normalized spacial score (nSPS) is 10.9.